The van der Waals surface area contributed by atoms with Gasteiger partial charge >= 0.3 is 0 Å². The molecule has 0 aliphatic carbocycles. The third-order valence-electron chi connectivity index (χ3n) is 4.49. The van der Waals surface area contributed by atoms with Crippen LogP contribution in [0.25, 0.3) is 0 Å². The molecule has 106 valence electrons. The summed E-state index contributed by atoms with van der Waals surface area (Å²) in [5.41, 5.74) is 8.68. The summed E-state index contributed by atoms with van der Waals surface area (Å²) in [7, 11) is 0. The Bertz CT molecular complexity index is 433. The van der Waals surface area contributed by atoms with Crippen molar-refractivity contribution in [3.05, 3.63) is 34.3 Å². The van der Waals surface area contributed by atoms with Crippen LogP contribution in [0.5, 0.6) is 0 Å². The van der Waals surface area contributed by atoms with Crippen LogP contribution in [0.1, 0.15) is 50.3 Å². The zero-order chi connectivity index (χ0) is 14.0. The number of hydrogen-bond acceptors (Lipinski definition) is 2. The van der Waals surface area contributed by atoms with Gasteiger partial charge in [-0.1, -0.05) is 24.6 Å². The van der Waals surface area contributed by atoms with E-state index in [2.05, 4.69) is 31.7 Å². The minimum Gasteiger partial charge on any atom is -0.329 e. The van der Waals surface area contributed by atoms with Gasteiger partial charge in [0.15, 0.2) is 0 Å². The number of aryl methyl sites for hydroxylation is 1. The van der Waals surface area contributed by atoms with Crippen molar-refractivity contribution >= 4 is 11.6 Å². The van der Waals surface area contributed by atoms with Crippen LogP contribution in [0.15, 0.2) is 18.2 Å². The maximum absolute atomic E-state index is 6.10. The lowest BCUT2D eigenvalue weighted by Gasteiger charge is -2.36. The highest BCUT2D eigenvalue weighted by molar-refractivity contribution is 6.30. The molecule has 19 heavy (non-hydrogen) atoms. The summed E-state index contributed by atoms with van der Waals surface area (Å²) in [5, 5.41) is 0.804. The van der Waals surface area contributed by atoms with E-state index < -0.39 is 0 Å². The van der Waals surface area contributed by atoms with E-state index >= 15 is 0 Å². The Morgan fingerprint density at radius 2 is 2.16 bits per heavy atom. The lowest BCUT2D eigenvalue weighted by molar-refractivity contribution is 0.136. The number of benzene rings is 1. The van der Waals surface area contributed by atoms with Crippen molar-refractivity contribution in [3.8, 4) is 0 Å². The molecule has 1 aliphatic heterocycles. The molecule has 1 aliphatic rings. The molecule has 0 aromatic heterocycles. The second-order valence-corrected chi connectivity index (χ2v) is 6.12. The van der Waals surface area contributed by atoms with Crippen LogP contribution in [0.4, 0.5) is 0 Å². The smallest absolute Gasteiger partial charge is 0.0478 e. The molecule has 1 heterocycles. The maximum Gasteiger partial charge on any atom is 0.0478 e. The number of nitrogens with two attached hydrogens (primary N) is 1. The molecule has 0 bridgehead atoms. The molecule has 3 heteroatoms. The molecule has 0 saturated carbocycles. The van der Waals surface area contributed by atoms with Crippen molar-refractivity contribution in [2.45, 2.75) is 58.2 Å². The number of halogens is 1. The highest BCUT2D eigenvalue weighted by Gasteiger charge is 2.35. The third-order valence-corrected chi connectivity index (χ3v) is 4.73. The van der Waals surface area contributed by atoms with Crippen LogP contribution in [0, 0.1) is 6.92 Å². The van der Waals surface area contributed by atoms with Gasteiger partial charge in [0.1, 0.15) is 0 Å². The van der Waals surface area contributed by atoms with E-state index in [1.807, 2.05) is 12.1 Å². The first-order valence-electron chi connectivity index (χ1n) is 7.32. The van der Waals surface area contributed by atoms with Crippen molar-refractivity contribution in [2.75, 3.05) is 6.54 Å². The molecule has 2 nitrogen and oxygen atoms in total. The highest BCUT2D eigenvalue weighted by Crippen LogP contribution is 2.36. The molecule has 0 amide bonds. The SMILES string of the molecule is CCC1CCC(C)N1C(CN)c1ccc(Cl)cc1C. The molecule has 0 spiro atoms. The molecule has 1 saturated heterocycles. The third kappa shape index (κ3) is 2.96. The first kappa shape index (κ1) is 14.8. The number of hydrogen-bond donors (Lipinski definition) is 1. The highest BCUT2D eigenvalue weighted by atomic mass is 35.5. The van der Waals surface area contributed by atoms with Crippen molar-refractivity contribution in [2.24, 2.45) is 5.73 Å². The van der Waals surface area contributed by atoms with Crippen molar-refractivity contribution < 1.29 is 0 Å². The van der Waals surface area contributed by atoms with Crippen molar-refractivity contribution in [1.29, 1.82) is 0 Å². The van der Waals surface area contributed by atoms with Gasteiger partial charge in [-0.15, -0.1) is 0 Å². The summed E-state index contributed by atoms with van der Waals surface area (Å²) in [4.78, 5) is 2.62. The Morgan fingerprint density at radius 3 is 2.74 bits per heavy atom. The zero-order valence-corrected chi connectivity index (χ0v) is 13.0. The van der Waals surface area contributed by atoms with E-state index in [1.54, 1.807) is 0 Å². The minimum absolute atomic E-state index is 0.319. The minimum atomic E-state index is 0.319. The molecule has 1 aromatic rings. The summed E-state index contributed by atoms with van der Waals surface area (Å²) >= 11 is 6.06. The number of rotatable bonds is 4. The standard InChI is InChI=1S/C16H25ClN2/c1-4-14-7-5-12(3)19(14)16(10-18)15-8-6-13(17)9-11(15)2/h6,8-9,12,14,16H,4-5,7,10,18H2,1-3H3. The molecular formula is C16H25ClN2. The summed E-state index contributed by atoms with van der Waals surface area (Å²) in [6.45, 7) is 7.40. The molecule has 1 fully saturated rings. The molecular weight excluding hydrogens is 256 g/mol. The Kier molecular flexibility index (Phi) is 4.88. The van der Waals surface area contributed by atoms with Gasteiger partial charge in [-0.05, 0) is 56.4 Å². The topological polar surface area (TPSA) is 29.3 Å². The number of likely N-dealkylation sites (tertiary alicyclic amines) is 1. The van der Waals surface area contributed by atoms with Gasteiger partial charge < -0.3 is 5.73 Å². The Morgan fingerprint density at radius 1 is 1.42 bits per heavy atom. The van der Waals surface area contributed by atoms with Gasteiger partial charge in [-0.3, -0.25) is 4.90 Å². The first-order chi connectivity index (χ1) is 9.08. The summed E-state index contributed by atoms with van der Waals surface area (Å²) < 4.78 is 0. The molecule has 2 N–H and O–H groups in total. The predicted octanol–water partition coefficient (Wildman–Crippen LogP) is 3.91. The van der Waals surface area contributed by atoms with Crippen LogP contribution in [-0.2, 0) is 0 Å². The van der Waals surface area contributed by atoms with Crippen LogP contribution in [-0.4, -0.2) is 23.5 Å². The summed E-state index contributed by atoms with van der Waals surface area (Å²) in [5.74, 6) is 0. The average Bonchev–Trinajstić information content (AvgIpc) is 2.74. The van der Waals surface area contributed by atoms with Crippen LogP contribution in [0.3, 0.4) is 0 Å². The van der Waals surface area contributed by atoms with Gasteiger partial charge in [0, 0.05) is 29.7 Å². The van der Waals surface area contributed by atoms with Crippen LogP contribution >= 0.6 is 11.6 Å². The molecule has 1 aromatic carbocycles. The second-order valence-electron chi connectivity index (χ2n) is 5.69. The maximum atomic E-state index is 6.10. The lowest BCUT2D eigenvalue weighted by Crippen LogP contribution is -2.41. The second kappa shape index (κ2) is 6.25. The van der Waals surface area contributed by atoms with Crippen LogP contribution in [0.2, 0.25) is 5.02 Å². The van der Waals surface area contributed by atoms with E-state index in [-0.39, 0.29) is 0 Å². The van der Waals surface area contributed by atoms with E-state index in [1.165, 1.54) is 30.4 Å². The monoisotopic (exact) mass is 280 g/mol. The fraction of sp³-hybridized carbons (Fsp3) is 0.625. The van der Waals surface area contributed by atoms with E-state index in [0.717, 1.165) is 5.02 Å². The average molecular weight is 281 g/mol. The van der Waals surface area contributed by atoms with E-state index in [0.29, 0.717) is 24.7 Å². The van der Waals surface area contributed by atoms with E-state index in [4.69, 9.17) is 17.3 Å². The predicted molar refractivity (Wildman–Crippen MR) is 82.6 cm³/mol. The van der Waals surface area contributed by atoms with Crippen molar-refractivity contribution in [3.63, 3.8) is 0 Å². The summed E-state index contributed by atoms with van der Waals surface area (Å²) in [6.07, 6.45) is 3.77. The molecule has 3 unspecified atom stereocenters. The van der Waals surface area contributed by atoms with Gasteiger partial charge in [0.25, 0.3) is 0 Å². The normalized spacial score (nSPS) is 25.7. The fourth-order valence-corrected chi connectivity index (χ4v) is 3.72. The fourth-order valence-electron chi connectivity index (χ4n) is 3.49. The molecule has 3 atom stereocenters. The lowest BCUT2D eigenvalue weighted by atomic mass is 9.98. The van der Waals surface area contributed by atoms with Crippen molar-refractivity contribution in [1.82, 2.24) is 4.90 Å². The zero-order valence-electron chi connectivity index (χ0n) is 12.2. The Hall–Kier alpha value is -0.570. The molecule has 0 radical (unpaired) electrons. The van der Waals surface area contributed by atoms with Gasteiger partial charge in [0.05, 0.1) is 0 Å². The first-order valence-corrected chi connectivity index (χ1v) is 7.69. The molecule has 2 rings (SSSR count). The van der Waals surface area contributed by atoms with Gasteiger partial charge in [-0.25, -0.2) is 0 Å². The van der Waals surface area contributed by atoms with Gasteiger partial charge in [-0.2, -0.15) is 0 Å². The largest absolute Gasteiger partial charge is 0.329 e. The van der Waals surface area contributed by atoms with Crippen LogP contribution < -0.4 is 5.73 Å². The van der Waals surface area contributed by atoms with E-state index in [9.17, 15) is 0 Å². The quantitative estimate of drug-likeness (QED) is 0.906. The summed E-state index contributed by atoms with van der Waals surface area (Å²) in [6, 6.07) is 7.77. The Balaban J connectivity index is 2.33. The Labute approximate surface area is 121 Å². The number of nitrogens with zero attached hydrogens (tertiary/aromatic N) is 1. The van der Waals surface area contributed by atoms with Gasteiger partial charge in [0.2, 0.25) is 0 Å².